The first-order chi connectivity index (χ1) is 10.1. The van der Waals surface area contributed by atoms with Gasteiger partial charge < -0.3 is 14.2 Å². The Bertz CT molecular complexity index is 513. The number of methoxy groups -OCH3 is 1. The highest BCUT2D eigenvalue weighted by Crippen LogP contribution is 2.46. The number of rotatable bonds is 3. The van der Waals surface area contributed by atoms with Gasteiger partial charge in [-0.3, -0.25) is 4.79 Å². The maximum absolute atomic E-state index is 12.5. The van der Waals surface area contributed by atoms with Crippen molar-refractivity contribution in [1.82, 2.24) is 10.1 Å². The molecule has 116 valence electrons. The highest BCUT2D eigenvalue weighted by Gasteiger charge is 2.46. The first kappa shape index (κ1) is 14.6. The summed E-state index contributed by atoms with van der Waals surface area (Å²) in [6, 6.07) is 1.84. The molecule has 0 bridgehead atoms. The van der Waals surface area contributed by atoms with E-state index in [4.69, 9.17) is 9.26 Å². The summed E-state index contributed by atoms with van der Waals surface area (Å²) in [6.07, 6.45) is 6.38. The fourth-order valence-electron chi connectivity index (χ4n) is 4.07. The largest absolute Gasteiger partial charge is 0.381 e. The van der Waals surface area contributed by atoms with Crippen molar-refractivity contribution in [3.63, 3.8) is 0 Å². The van der Waals surface area contributed by atoms with Crippen LogP contribution in [0.4, 0.5) is 0 Å². The van der Waals surface area contributed by atoms with E-state index in [1.54, 1.807) is 7.11 Å². The van der Waals surface area contributed by atoms with Crippen molar-refractivity contribution >= 4 is 5.91 Å². The highest BCUT2D eigenvalue weighted by molar-refractivity contribution is 5.78. The van der Waals surface area contributed by atoms with Crippen LogP contribution in [-0.2, 0) is 16.0 Å². The van der Waals surface area contributed by atoms with E-state index in [2.05, 4.69) is 5.16 Å². The molecule has 1 aliphatic carbocycles. The number of hydrogen-bond donors (Lipinski definition) is 0. The van der Waals surface area contributed by atoms with Crippen molar-refractivity contribution in [1.29, 1.82) is 0 Å². The van der Waals surface area contributed by atoms with Crippen molar-refractivity contribution in [3.05, 3.63) is 17.5 Å². The first-order valence-corrected chi connectivity index (χ1v) is 7.86. The molecule has 1 aromatic rings. The van der Waals surface area contributed by atoms with Crippen LogP contribution in [0.5, 0.6) is 0 Å². The van der Waals surface area contributed by atoms with Gasteiger partial charge in [0.25, 0.3) is 0 Å². The third-order valence-corrected chi connectivity index (χ3v) is 5.07. The van der Waals surface area contributed by atoms with E-state index in [0.29, 0.717) is 18.3 Å². The summed E-state index contributed by atoms with van der Waals surface area (Å²) >= 11 is 0. The van der Waals surface area contributed by atoms with Gasteiger partial charge in [-0.2, -0.15) is 0 Å². The Kier molecular flexibility index (Phi) is 4.02. The minimum atomic E-state index is 0.145. The van der Waals surface area contributed by atoms with Gasteiger partial charge in [-0.05, 0) is 32.6 Å². The number of amides is 1. The predicted molar refractivity (Wildman–Crippen MR) is 77.8 cm³/mol. The molecule has 1 saturated carbocycles. The summed E-state index contributed by atoms with van der Waals surface area (Å²) in [7, 11) is 1.80. The van der Waals surface area contributed by atoms with Crippen molar-refractivity contribution in [3.8, 4) is 0 Å². The number of piperidine rings is 1. The molecular formula is C16H24N2O3. The van der Waals surface area contributed by atoms with Gasteiger partial charge >= 0.3 is 0 Å². The molecule has 1 aromatic heterocycles. The lowest BCUT2D eigenvalue weighted by molar-refractivity contribution is -0.136. The lowest BCUT2D eigenvalue weighted by Crippen LogP contribution is -2.50. The van der Waals surface area contributed by atoms with E-state index in [1.165, 1.54) is 19.3 Å². The number of hydrogen-bond acceptors (Lipinski definition) is 4. The number of aromatic nitrogens is 1. The van der Waals surface area contributed by atoms with Gasteiger partial charge in [0.2, 0.25) is 5.91 Å². The molecule has 1 spiro atoms. The van der Waals surface area contributed by atoms with Crippen LogP contribution in [0.2, 0.25) is 0 Å². The quantitative estimate of drug-likeness (QED) is 0.858. The first-order valence-electron chi connectivity index (χ1n) is 7.86. The van der Waals surface area contributed by atoms with E-state index in [9.17, 15) is 4.79 Å². The zero-order valence-electron chi connectivity index (χ0n) is 12.9. The summed E-state index contributed by atoms with van der Waals surface area (Å²) in [6.45, 7) is 3.55. The second kappa shape index (κ2) is 5.79. The van der Waals surface area contributed by atoms with E-state index in [0.717, 1.165) is 31.6 Å². The number of carbonyl (C=O) groups excluding carboxylic acids is 1. The zero-order chi connectivity index (χ0) is 14.9. The lowest BCUT2D eigenvalue weighted by atomic mass is 9.76. The van der Waals surface area contributed by atoms with E-state index >= 15 is 0 Å². The molecule has 2 fully saturated rings. The smallest absolute Gasteiger partial charge is 0.230 e. The summed E-state index contributed by atoms with van der Waals surface area (Å²) in [4.78, 5) is 14.5. The number of ether oxygens (including phenoxy) is 1. The monoisotopic (exact) mass is 292 g/mol. The Morgan fingerprint density at radius 1 is 1.52 bits per heavy atom. The summed E-state index contributed by atoms with van der Waals surface area (Å²) in [5, 5.41) is 3.85. The molecule has 2 heterocycles. The molecule has 3 rings (SSSR count). The van der Waals surface area contributed by atoms with Crippen LogP contribution in [0.15, 0.2) is 10.6 Å². The summed E-state index contributed by atoms with van der Waals surface area (Å²) < 4.78 is 10.9. The van der Waals surface area contributed by atoms with Crippen LogP contribution in [-0.4, -0.2) is 42.3 Å². The van der Waals surface area contributed by atoms with Gasteiger partial charge in [0.1, 0.15) is 5.76 Å². The van der Waals surface area contributed by atoms with Crippen LogP contribution in [0.3, 0.4) is 0 Å². The second-order valence-corrected chi connectivity index (χ2v) is 6.51. The highest BCUT2D eigenvalue weighted by atomic mass is 16.5. The molecule has 2 aliphatic rings. The Balaban J connectivity index is 1.67. The molecule has 2 atom stereocenters. The SMILES string of the molecule is CO[C@@H]1CCC[C@]12CCCN(C(=O)Cc1cc(C)no1)C2. The number of aryl methyl sites for hydroxylation is 1. The molecule has 5 nitrogen and oxygen atoms in total. The van der Waals surface area contributed by atoms with Gasteiger partial charge in [-0.15, -0.1) is 0 Å². The number of carbonyl (C=O) groups is 1. The fraction of sp³-hybridized carbons (Fsp3) is 0.750. The molecule has 0 unspecified atom stereocenters. The van der Waals surface area contributed by atoms with Crippen LogP contribution in [0.1, 0.15) is 43.6 Å². The third kappa shape index (κ3) is 2.84. The van der Waals surface area contributed by atoms with Gasteiger partial charge in [0, 0.05) is 31.7 Å². The van der Waals surface area contributed by atoms with Crippen molar-refractivity contribution in [2.45, 2.75) is 51.6 Å². The van der Waals surface area contributed by atoms with Crippen LogP contribution >= 0.6 is 0 Å². The Morgan fingerprint density at radius 2 is 2.33 bits per heavy atom. The maximum atomic E-state index is 12.5. The van der Waals surface area contributed by atoms with E-state index < -0.39 is 0 Å². The van der Waals surface area contributed by atoms with Crippen molar-refractivity contribution in [2.75, 3.05) is 20.2 Å². The average Bonchev–Trinajstić information content (AvgIpc) is 3.05. The van der Waals surface area contributed by atoms with Crippen LogP contribution in [0.25, 0.3) is 0 Å². The van der Waals surface area contributed by atoms with Gasteiger partial charge in [-0.25, -0.2) is 0 Å². The van der Waals surface area contributed by atoms with E-state index in [1.807, 2.05) is 17.9 Å². The van der Waals surface area contributed by atoms with Gasteiger partial charge in [-0.1, -0.05) is 11.6 Å². The van der Waals surface area contributed by atoms with Crippen LogP contribution in [0, 0.1) is 12.3 Å². The Morgan fingerprint density at radius 3 is 3.05 bits per heavy atom. The average molecular weight is 292 g/mol. The standard InChI is InChI=1S/C16H24N2O3/c1-12-9-13(21-17-12)10-15(19)18-8-4-7-16(11-18)6-3-5-14(16)20-2/h9,14H,3-8,10-11H2,1-2H3/t14-,16-/m1/s1. The summed E-state index contributed by atoms with van der Waals surface area (Å²) in [5.74, 6) is 0.804. The van der Waals surface area contributed by atoms with Crippen molar-refractivity contribution < 1.29 is 14.1 Å². The summed E-state index contributed by atoms with van der Waals surface area (Å²) in [5.41, 5.74) is 1.00. The molecule has 1 amide bonds. The fourth-order valence-corrected chi connectivity index (χ4v) is 4.07. The molecule has 21 heavy (non-hydrogen) atoms. The normalized spacial score (nSPS) is 29.2. The molecule has 1 aliphatic heterocycles. The minimum absolute atomic E-state index is 0.145. The number of likely N-dealkylation sites (tertiary alicyclic amines) is 1. The van der Waals surface area contributed by atoms with Gasteiger partial charge in [0.15, 0.2) is 0 Å². The van der Waals surface area contributed by atoms with Gasteiger partial charge in [0.05, 0.1) is 18.2 Å². The van der Waals surface area contributed by atoms with Crippen LogP contribution < -0.4 is 0 Å². The Hall–Kier alpha value is -1.36. The third-order valence-electron chi connectivity index (χ3n) is 5.07. The predicted octanol–water partition coefficient (Wildman–Crippen LogP) is 2.33. The molecule has 0 radical (unpaired) electrons. The molecule has 5 heteroatoms. The molecule has 0 N–H and O–H groups in total. The number of nitrogens with zero attached hydrogens (tertiary/aromatic N) is 2. The molecule has 0 aromatic carbocycles. The Labute approximate surface area is 125 Å². The molecule has 1 saturated heterocycles. The minimum Gasteiger partial charge on any atom is -0.381 e. The zero-order valence-corrected chi connectivity index (χ0v) is 12.9. The van der Waals surface area contributed by atoms with Crippen molar-refractivity contribution in [2.24, 2.45) is 5.41 Å². The lowest BCUT2D eigenvalue weighted by Gasteiger charge is -2.43. The maximum Gasteiger partial charge on any atom is 0.230 e. The molecular weight excluding hydrogens is 268 g/mol. The topological polar surface area (TPSA) is 55.6 Å². The second-order valence-electron chi connectivity index (χ2n) is 6.51. The van der Waals surface area contributed by atoms with E-state index in [-0.39, 0.29) is 11.3 Å².